The normalized spacial score (nSPS) is 10.7. The minimum absolute atomic E-state index is 0.233. The molecule has 0 saturated heterocycles. The molecule has 26 heavy (non-hydrogen) atoms. The van der Waals surface area contributed by atoms with Gasteiger partial charge in [0.05, 0.1) is 11.5 Å². The molecule has 0 spiro atoms. The maximum absolute atomic E-state index is 12.4. The largest absolute Gasteiger partial charge is 0.322 e. The zero-order chi connectivity index (χ0) is 18.8. The lowest BCUT2D eigenvalue weighted by Gasteiger charge is -2.03. The molecule has 3 rings (SSSR count). The monoisotopic (exact) mass is 354 g/mol. The molecule has 0 atom stereocenters. The minimum atomic E-state index is -0.666. The van der Waals surface area contributed by atoms with Gasteiger partial charge in [0.25, 0.3) is 5.91 Å². The van der Waals surface area contributed by atoms with E-state index in [-0.39, 0.29) is 11.4 Å². The topological polar surface area (TPSA) is 108 Å². The number of hydrogen-bond acceptors (Lipinski definition) is 5. The second-order valence-electron chi connectivity index (χ2n) is 6.01. The predicted octanol–water partition coefficient (Wildman–Crippen LogP) is 2.44. The van der Waals surface area contributed by atoms with Crippen molar-refractivity contribution in [1.29, 1.82) is 0 Å². The van der Waals surface area contributed by atoms with Crippen LogP contribution in [0.1, 0.15) is 27.3 Å². The van der Waals surface area contributed by atoms with Crippen molar-refractivity contribution in [2.24, 2.45) is 7.05 Å². The number of amides is 1. The zero-order valence-electron chi connectivity index (χ0n) is 14.6. The van der Waals surface area contributed by atoms with Crippen LogP contribution in [0.4, 0.5) is 11.5 Å². The molecule has 9 heteroatoms. The standard InChI is InChI=1S/C17H18N6O3/c1-11-5-4-6-13(9-11)10-22-8-7-14(19-22)18-17(24)15-16(23(25)26)12(2)21(3)20-15/h4-9H,10H2,1-3H3,(H,18,19,24). The minimum Gasteiger partial charge on any atom is -0.303 e. The fourth-order valence-electron chi connectivity index (χ4n) is 2.66. The third-order valence-corrected chi connectivity index (χ3v) is 4.01. The average Bonchev–Trinajstić information content (AvgIpc) is 3.12. The zero-order valence-corrected chi connectivity index (χ0v) is 14.6. The van der Waals surface area contributed by atoms with Crippen molar-refractivity contribution in [1.82, 2.24) is 19.6 Å². The molecular weight excluding hydrogens is 336 g/mol. The van der Waals surface area contributed by atoms with E-state index in [9.17, 15) is 14.9 Å². The van der Waals surface area contributed by atoms with Gasteiger partial charge in [-0.25, -0.2) is 0 Å². The van der Waals surface area contributed by atoms with Gasteiger partial charge in [-0.15, -0.1) is 0 Å². The van der Waals surface area contributed by atoms with Crippen LogP contribution < -0.4 is 5.32 Å². The molecular formula is C17H18N6O3. The number of carbonyl (C=O) groups excluding carboxylic acids is 1. The fourth-order valence-corrected chi connectivity index (χ4v) is 2.66. The number of aryl methyl sites for hydroxylation is 2. The Balaban J connectivity index is 1.76. The van der Waals surface area contributed by atoms with Crippen LogP contribution in [0.25, 0.3) is 0 Å². The Morgan fingerprint density at radius 1 is 1.27 bits per heavy atom. The summed E-state index contributed by atoms with van der Waals surface area (Å²) >= 11 is 0. The number of rotatable bonds is 5. The molecule has 0 aliphatic rings. The summed E-state index contributed by atoms with van der Waals surface area (Å²) in [5.74, 6) is -0.360. The number of nitrogens with one attached hydrogen (secondary N) is 1. The van der Waals surface area contributed by atoms with E-state index in [4.69, 9.17) is 0 Å². The molecule has 9 nitrogen and oxygen atoms in total. The molecule has 2 aromatic heterocycles. The summed E-state index contributed by atoms with van der Waals surface area (Å²) in [7, 11) is 1.55. The third kappa shape index (κ3) is 3.46. The van der Waals surface area contributed by atoms with E-state index in [1.54, 1.807) is 30.9 Å². The number of nitro groups is 1. The predicted molar refractivity (Wildman–Crippen MR) is 95.1 cm³/mol. The summed E-state index contributed by atoms with van der Waals surface area (Å²) in [6, 6.07) is 9.67. The van der Waals surface area contributed by atoms with Crippen molar-refractivity contribution in [2.75, 3.05) is 5.32 Å². The summed E-state index contributed by atoms with van der Waals surface area (Å²) < 4.78 is 2.99. The highest BCUT2D eigenvalue weighted by Gasteiger charge is 2.29. The van der Waals surface area contributed by atoms with Gasteiger partial charge in [0.1, 0.15) is 5.69 Å². The van der Waals surface area contributed by atoms with Gasteiger partial charge in [-0.1, -0.05) is 29.8 Å². The van der Waals surface area contributed by atoms with Crippen molar-refractivity contribution < 1.29 is 9.72 Å². The Morgan fingerprint density at radius 2 is 2.04 bits per heavy atom. The van der Waals surface area contributed by atoms with Gasteiger partial charge in [0.15, 0.2) is 5.82 Å². The summed E-state index contributed by atoms with van der Waals surface area (Å²) in [5, 5.41) is 22.0. The molecule has 0 aliphatic carbocycles. The number of anilines is 1. The van der Waals surface area contributed by atoms with Crippen LogP contribution >= 0.6 is 0 Å². The number of aromatic nitrogens is 4. The second-order valence-corrected chi connectivity index (χ2v) is 6.01. The molecule has 3 aromatic rings. The SMILES string of the molecule is Cc1cccc(Cn2ccc(NC(=O)c3nn(C)c(C)c3[N+](=O)[O-])n2)c1. The molecule has 0 saturated carbocycles. The van der Waals surface area contributed by atoms with Crippen LogP contribution in [-0.4, -0.2) is 30.4 Å². The fraction of sp³-hybridized carbons (Fsp3) is 0.235. The van der Waals surface area contributed by atoms with Crippen molar-refractivity contribution >= 4 is 17.4 Å². The van der Waals surface area contributed by atoms with E-state index < -0.39 is 10.8 Å². The molecule has 1 N–H and O–H groups in total. The maximum atomic E-state index is 12.4. The Hall–Kier alpha value is -3.49. The van der Waals surface area contributed by atoms with Crippen molar-refractivity contribution in [3.63, 3.8) is 0 Å². The van der Waals surface area contributed by atoms with Gasteiger partial charge in [-0.3, -0.25) is 24.3 Å². The van der Waals surface area contributed by atoms with Crippen LogP contribution in [0, 0.1) is 24.0 Å². The van der Waals surface area contributed by atoms with Crippen molar-refractivity contribution in [3.8, 4) is 0 Å². The highest BCUT2D eigenvalue weighted by atomic mass is 16.6. The van der Waals surface area contributed by atoms with Gasteiger partial charge >= 0.3 is 5.69 Å². The van der Waals surface area contributed by atoms with Crippen LogP contribution in [0.5, 0.6) is 0 Å². The van der Waals surface area contributed by atoms with Crippen LogP contribution in [-0.2, 0) is 13.6 Å². The van der Waals surface area contributed by atoms with E-state index >= 15 is 0 Å². The van der Waals surface area contributed by atoms with Crippen LogP contribution in [0.15, 0.2) is 36.5 Å². The van der Waals surface area contributed by atoms with E-state index in [0.717, 1.165) is 11.1 Å². The molecule has 0 bridgehead atoms. The average molecular weight is 354 g/mol. The Morgan fingerprint density at radius 3 is 2.73 bits per heavy atom. The third-order valence-electron chi connectivity index (χ3n) is 4.01. The number of carbonyl (C=O) groups is 1. The molecule has 0 radical (unpaired) electrons. The van der Waals surface area contributed by atoms with Gasteiger partial charge in [0.2, 0.25) is 5.69 Å². The van der Waals surface area contributed by atoms with E-state index in [1.807, 2.05) is 25.1 Å². The Labute approximate surface area is 149 Å². The highest BCUT2D eigenvalue weighted by Crippen LogP contribution is 2.22. The first kappa shape index (κ1) is 17.3. The first-order valence-corrected chi connectivity index (χ1v) is 7.93. The highest BCUT2D eigenvalue weighted by molar-refractivity contribution is 6.05. The number of benzene rings is 1. The molecule has 0 fully saturated rings. The van der Waals surface area contributed by atoms with Crippen molar-refractivity contribution in [2.45, 2.75) is 20.4 Å². The lowest BCUT2D eigenvalue weighted by molar-refractivity contribution is -0.385. The second kappa shape index (κ2) is 6.79. The molecule has 1 amide bonds. The molecule has 0 unspecified atom stereocenters. The van der Waals surface area contributed by atoms with Gasteiger partial charge in [-0.2, -0.15) is 10.2 Å². The molecule has 2 heterocycles. The Bertz CT molecular complexity index is 988. The van der Waals surface area contributed by atoms with E-state index in [0.29, 0.717) is 18.1 Å². The summed E-state index contributed by atoms with van der Waals surface area (Å²) in [5.41, 5.74) is 2.01. The molecule has 1 aromatic carbocycles. The van der Waals surface area contributed by atoms with Gasteiger partial charge in [-0.05, 0) is 19.4 Å². The summed E-state index contributed by atoms with van der Waals surface area (Å²) in [6.07, 6.45) is 1.73. The Kier molecular flexibility index (Phi) is 4.53. The first-order chi connectivity index (χ1) is 12.3. The summed E-state index contributed by atoms with van der Waals surface area (Å²) in [4.78, 5) is 23.0. The van der Waals surface area contributed by atoms with E-state index in [2.05, 4.69) is 21.6 Å². The van der Waals surface area contributed by atoms with E-state index in [1.165, 1.54) is 4.68 Å². The van der Waals surface area contributed by atoms with Gasteiger partial charge < -0.3 is 5.32 Å². The maximum Gasteiger partial charge on any atom is 0.322 e. The van der Waals surface area contributed by atoms with Crippen molar-refractivity contribution in [3.05, 3.63) is 69.2 Å². The quantitative estimate of drug-likeness (QED) is 0.559. The number of hydrogen-bond donors (Lipinski definition) is 1. The lowest BCUT2D eigenvalue weighted by atomic mass is 10.1. The molecule has 134 valence electrons. The smallest absolute Gasteiger partial charge is 0.303 e. The van der Waals surface area contributed by atoms with Crippen LogP contribution in [0.2, 0.25) is 0 Å². The first-order valence-electron chi connectivity index (χ1n) is 7.93. The molecule has 0 aliphatic heterocycles. The van der Waals surface area contributed by atoms with Gasteiger partial charge in [0, 0.05) is 19.3 Å². The van der Waals surface area contributed by atoms with Crippen LogP contribution in [0.3, 0.4) is 0 Å². The lowest BCUT2D eigenvalue weighted by Crippen LogP contribution is -2.15. The summed E-state index contributed by atoms with van der Waals surface area (Å²) in [6.45, 7) is 4.11. The number of nitrogens with zero attached hydrogens (tertiary/aromatic N) is 5.